The first-order valence-electron chi connectivity index (χ1n) is 3.69. The van der Waals surface area contributed by atoms with Gasteiger partial charge in [-0.2, -0.15) is 0 Å². The van der Waals surface area contributed by atoms with Crippen LogP contribution in [0.1, 0.15) is 0 Å². The molecule has 0 amide bonds. The lowest BCUT2D eigenvalue weighted by Crippen LogP contribution is -2.40. The van der Waals surface area contributed by atoms with Crippen LogP contribution >= 0.6 is 7.37 Å². The zero-order chi connectivity index (χ0) is 8.32. The van der Waals surface area contributed by atoms with Gasteiger partial charge in [0.25, 0.3) is 0 Å². The number of ether oxygens (including phenoxy) is 1. The summed E-state index contributed by atoms with van der Waals surface area (Å²) in [5, 5.41) is 3.10. The fraction of sp³-hybridized carbons (Fsp3) is 1.00. The molecule has 1 aliphatic rings. The fourth-order valence-corrected chi connectivity index (χ4v) is 2.11. The molecule has 0 aliphatic carbocycles. The van der Waals surface area contributed by atoms with E-state index in [4.69, 9.17) is 9.63 Å². The summed E-state index contributed by atoms with van der Waals surface area (Å²) in [6.07, 6.45) is 0.185. The van der Waals surface area contributed by atoms with Crippen LogP contribution in [0.2, 0.25) is 0 Å². The van der Waals surface area contributed by atoms with Gasteiger partial charge in [-0.05, 0) is 0 Å². The third-order valence-corrected chi connectivity index (χ3v) is 2.63. The second kappa shape index (κ2) is 3.68. The molecule has 5 heteroatoms. The van der Waals surface area contributed by atoms with Gasteiger partial charge in [0.2, 0.25) is 0 Å². The van der Waals surface area contributed by atoms with E-state index in [1.165, 1.54) is 6.66 Å². The van der Waals surface area contributed by atoms with Crippen molar-refractivity contribution in [2.75, 3.05) is 32.5 Å². The maximum Gasteiger partial charge on any atom is 0.200 e. The van der Waals surface area contributed by atoms with Crippen LogP contribution < -0.4 is 5.32 Å². The topological polar surface area (TPSA) is 58.6 Å². The molecule has 1 heterocycles. The Morgan fingerprint density at radius 3 is 3.00 bits per heavy atom. The molecular weight excluding hydrogens is 165 g/mol. The first kappa shape index (κ1) is 9.20. The van der Waals surface area contributed by atoms with Gasteiger partial charge in [0.05, 0.1) is 18.9 Å². The molecule has 66 valence electrons. The number of morpholine rings is 1. The summed E-state index contributed by atoms with van der Waals surface area (Å²) in [6, 6.07) is 0. The van der Waals surface area contributed by atoms with Gasteiger partial charge in [-0.15, -0.1) is 0 Å². The molecule has 1 aliphatic heterocycles. The maximum absolute atomic E-state index is 10.9. The van der Waals surface area contributed by atoms with E-state index in [1.807, 2.05) is 0 Å². The van der Waals surface area contributed by atoms with Crippen molar-refractivity contribution in [1.29, 1.82) is 0 Å². The number of nitrogens with one attached hydrogen (secondary N) is 1. The van der Waals surface area contributed by atoms with E-state index < -0.39 is 7.37 Å². The number of rotatable bonds is 2. The van der Waals surface area contributed by atoms with E-state index >= 15 is 0 Å². The molecule has 1 fully saturated rings. The first-order valence-corrected chi connectivity index (χ1v) is 5.99. The lowest BCUT2D eigenvalue weighted by Gasteiger charge is -2.24. The van der Waals surface area contributed by atoms with Gasteiger partial charge in [-0.25, -0.2) is 0 Å². The van der Waals surface area contributed by atoms with E-state index in [2.05, 4.69) is 5.32 Å². The van der Waals surface area contributed by atoms with E-state index in [1.54, 1.807) is 0 Å². The van der Waals surface area contributed by atoms with Crippen LogP contribution in [-0.4, -0.2) is 43.5 Å². The molecule has 0 radical (unpaired) electrons. The summed E-state index contributed by atoms with van der Waals surface area (Å²) in [5.74, 6) is 0. The zero-order valence-electron chi connectivity index (χ0n) is 6.62. The molecule has 0 saturated carbocycles. The van der Waals surface area contributed by atoms with E-state index in [0.717, 1.165) is 6.54 Å². The SMILES string of the molecule is CP(=O)(O)CC1CNCCO1. The lowest BCUT2D eigenvalue weighted by atomic mass is 10.3. The van der Waals surface area contributed by atoms with Crippen LogP contribution in [0.25, 0.3) is 0 Å². The Hall–Kier alpha value is 0.110. The Bertz CT molecular complexity index is 161. The van der Waals surface area contributed by atoms with Gasteiger partial charge in [-0.1, -0.05) is 0 Å². The molecule has 2 atom stereocenters. The number of hydrogen-bond donors (Lipinski definition) is 2. The molecule has 4 nitrogen and oxygen atoms in total. The Labute approximate surface area is 66.4 Å². The van der Waals surface area contributed by atoms with Crippen LogP contribution in [0.5, 0.6) is 0 Å². The minimum Gasteiger partial charge on any atom is -0.375 e. The molecule has 0 bridgehead atoms. The van der Waals surface area contributed by atoms with Crippen molar-refractivity contribution in [3.8, 4) is 0 Å². The highest BCUT2D eigenvalue weighted by Crippen LogP contribution is 2.36. The van der Waals surface area contributed by atoms with Crippen molar-refractivity contribution in [2.45, 2.75) is 6.10 Å². The quantitative estimate of drug-likeness (QED) is 0.580. The number of hydrogen-bond acceptors (Lipinski definition) is 3. The molecule has 1 saturated heterocycles. The lowest BCUT2D eigenvalue weighted by molar-refractivity contribution is 0.0418. The summed E-state index contributed by atoms with van der Waals surface area (Å²) >= 11 is 0. The maximum atomic E-state index is 10.9. The van der Waals surface area contributed by atoms with Crippen molar-refractivity contribution in [2.24, 2.45) is 0 Å². The van der Waals surface area contributed by atoms with Crippen molar-refractivity contribution >= 4 is 7.37 Å². The fourth-order valence-electron chi connectivity index (χ4n) is 1.11. The Balaban J connectivity index is 2.30. The van der Waals surface area contributed by atoms with Gasteiger partial charge in [0.15, 0.2) is 7.37 Å². The van der Waals surface area contributed by atoms with Crippen LogP contribution in [0.3, 0.4) is 0 Å². The summed E-state index contributed by atoms with van der Waals surface area (Å²) in [5.41, 5.74) is 0. The third-order valence-electron chi connectivity index (χ3n) is 1.55. The molecule has 1 rings (SSSR count). The predicted octanol–water partition coefficient (Wildman–Crippen LogP) is -0.125. The predicted molar refractivity (Wildman–Crippen MR) is 43.2 cm³/mol. The Morgan fingerprint density at radius 2 is 2.55 bits per heavy atom. The van der Waals surface area contributed by atoms with Crippen LogP contribution in [-0.2, 0) is 9.30 Å². The molecule has 0 aromatic carbocycles. The minimum atomic E-state index is -2.90. The van der Waals surface area contributed by atoms with Crippen molar-refractivity contribution in [1.82, 2.24) is 5.32 Å². The molecule has 0 aromatic rings. The highest BCUT2D eigenvalue weighted by molar-refractivity contribution is 7.57. The van der Waals surface area contributed by atoms with E-state index in [0.29, 0.717) is 13.2 Å². The molecular formula is C6H14NO3P. The molecule has 0 aromatic heterocycles. The second-order valence-corrected chi connectivity index (χ2v) is 5.40. The van der Waals surface area contributed by atoms with E-state index in [9.17, 15) is 4.57 Å². The Morgan fingerprint density at radius 1 is 1.82 bits per heavy atom. The van der Waals surface area contributed by atoms with Crippen molar-refractivity contribution in [3.05, 3.63) is 0 Å². The third kappa shape index (κ3) is 3.87. The normalized spacial score (nSPS) is 31.3. The van der Waals surface area contributed by atoms with Gasteiger partial charge in [-0.3, -0.25) is 4.57 Å². The summed E-state index contributed by atoms with van der Waals surface area (Å²) in [6.45, 7) is 3.55. The molecule has 0 spiro atoms. The summed E-state index contributed by atoms with van der Waals surface area (Å²) < 4.78 is 16.2. The average molecular weight is 179 g/mol. The largest absolute Gasteiger partial charge is 0.375 e. The van der Waals surface area contributed by atoms with Crippen molar-refractivity contribution in [3.63, 3.8) is 0 Å². The smallest absolute Gasteiger partial charge is 0.200 e. The second-order valence-electron chi connectivity index (χ2n) is 2.93. The molecule has 11 heavy (non-hydrogen) atoms. The first-order chi connectivity index (χ1) is 5.08. The zero-order valence-corrected chi connectivity index (χ0v) is 7.51. The van der Waals surface area contributed by atoms with Crippen LogP contribution in [0.4, 0.5) is 0 Å². The standard InChI is InChI=1S/C6H14NO3P/c1-11(8,9)5-6-4-7-2-3-10-6/h6-7H,2-5H2,1H3,(H,8,9). The molecule has 2 N–H and O–H groups in total. The van der Waals surface area contributed by atoms with Crippen molar-refractivity contribution < 1.29 is 14.2 Å². The Kier molecular flexibility index (Phi) is 3.07. The van der Waals surface area contributed by atoms with Gasteiger partial charge < -0.3 is 14.9 Å². The minimum absolute atomic E-state index is 0.0791. The summed E-state index contributed by atoms with van der Waals surface area (Å²) in [7, 11) is -2.90. The van der Waals surface area contributed by atoms with Gasteiger partial charge >= 0.3 is 0 Å². The van der Waals surface area contributed by atoms with Gasteiger partial charge in [0.1, 0.15) is 0 Å². The average Bonchev–Trinajstić information content (AvgIpc) is 1.85. The van der Waals surface area contributed by atoms with Crippen LogP contribution in [0, 0.1) is 0 Å². The van der Waals surface area contributed by atoms with E-state index in [-0.39, 0.29) is 12.3 Å². The highest BCUT2D eigenvalue weighted by Gasteiger charge is 2.21. The van der Waals surface area contributed by atoms with Crippen LogP contribution in [0.15, 0.2) is 0 Å². The highest BCUT2D eigenvalue weighted by atomic mass is 31.2. The molecule has 2 unspecified atom stereocenters. The van der Waals surface area contributed by atoms with Gasteiger partial charge in [0, 0.05) is 19.8 Å². The summed E-state index contributed by atoms with van der Waals surface area (Å²) in [4.78, 5) is 9.02. The monoisotopic (exact) mass is 179 g/mol.